The van der Waals surface area contributed by atoms with Crippen LogP contribution in [0.2, 0.25) is 0 Å². The minimum Gasteiger partial charge on any atom is -0.288 e. The number of allylic oxidation sites excluding steroid dienone is 4. The molecule has 0 unspecified atom stereocenters. The highest BCUT2D eigenvalue weighted by Gasteiger charge is 2.26. The molecule has 1 aromatic rings. The number of fused-ring (bicyclic) bond motifs is 3. The Morgan fingerprint density at radius 3 is 3.00 bits per heavy atom. The summed E-state index contributed by atoms with van der Waals surface area (Å²) in [6.07, 6.45) is 5.24. The van der Waals surface area contributed by atoms with Crippen LogP contribution in [0.15, 0.2) is 45.9 Å². The van der Waals surface area contributed by atoms with Gasteiger partial charge in [-0.25, -0.2) is 4.99 Å². The van der Waals surface area contributed by atoms with Gasteiger partial charge in [-0.3, -0.25) is 4.79 Å². The predicted octanol–water partition coefficient (Wildman–Crippen LogP) is 3.06. The fourth-order valence-electron chi connectivity index (χ4n) is 1.80. The van der Waals surface area contributed by atoms with Crippen molar-refractivity contribution in [3.8, 4) is 0 Å². The molecular weight excluding hydrogens is 254 g/mol. The first-order valence-corrected chi connectivity index (χ1v) is 5.37. The van der Waals surface area contributed by atoms with Gasteiger partial charge in [0.1, 0.15) is 5.71 Å². The highest BCUT2D eigenvalue weighted by atomic mass is 79.9. The normalized spacial score (nSPS) is 17.0. The second-order valence-corrected chi connectivity index (χ2v) is 4.34. The van der Waals surface area contributed by atoms with Crippen molar-refractivity contribution in [2.75, 3.05) is 0 Å². The standard InChI is InChI=1S/C12H6BrNO/c13-7-4-5-10-9(6-7)8-2-1-3-11(15)12(8)14-10/h1-6H. The molecule has 1 aliphatic carbocycles. The second-order valence-electron chi connectivity index (χ2n) is 3.43. The van der Waals surface area contributed by atoms with Gasteiger partial charge >= 0.3 is 0 Å². The number of carbonyl (C=O) groups is 1. The minimum absolute atomic E-state index is 0.0141. The molecule has 1 heterocycles. The van der Waals surface area contributed by atoms with Crippen molar-refractivity contribution in [1.29, 1.82) is 0 Å². The van der Waals surface area contributed by atoms with Gasteiger partial charge in [0.25, 0.3) is 0 Å². The van der Waals surface area contributed by atoms with Crippen LogP contribution in [0.1, 0.15) is 5.56 Å². The lowest BCUT2D eigenvalue weighted by Crippen LogP contribution is -2.12. The number of hydrogen-bond acceptors (Lipinski definition) is 2. The van der Waals surface area contributed by atoms with Gasteiger partial charge < -0.3 is 0 Å². The number of halogens is 1. The molecule has 3 heteroatoms. The summed E-state index contributed by atoms with van der Waals surface area (Å²) in [5.41, 5.74) is 3.39. The quantitative estimate of drug-likeness (QED) is 0.659. The van der Waals surface area contributed by atoms with Gasteiger partial charge in [0.2, 0.25) is 5.78 Å². The van der Waals surface area contributed by atoms with Crippen LogP contribution in [0.4, 0.5) is 5.69 Å². The topological polar surface area (TPSA) is 29.4 Å². The smallest absolute Gasteiger partial charge is 0.204 e. The van der Waals surface area contributed by atoms with Crippen molar-refractivity contribution in [3.63, 3.8) is 0 Å². The minimum atomic E-state index is -0.0141. The van der Waals surface area contributed by atoms with Gasteiger partial charge in [-0.15, -0.1) is 0 Å². The molecular formula is C12H6BrNO. The summed E-state index contributed by atoms with van der Waals surface area (Å²) in [7, 11) is 0. The number of ketones is 1. The van der Waals surface area contributed by atoms with E-state index in [4.69, 9.17) is 0 Å². The zero-order valence-electron chi connectivity index (χ0n) is 7.70. The van der Waals surface area contributed by atoms with Crippen LogP contribution in [0, 0.1) is 0 Å². The first-order chi connectivity index (χ1) is 7.25. The lowest BCUT2D eigenvalue weighted by atomic mass is 9.97. The van der Waals surface area contributed by atoms with Gasteiger partial charge in [-0.1, -0.05) is 28.1 Å². The molecule has 2 nitrogen and oxygen atoms in total. The zero-order chi connectivity index (χ0) is 10.4. The lowest BCUT2D eigenvalue weighted by molar-refractivity contribution is -0.108. The molecule has 0 amide bonds. The van der Waals surface area contributed by atoms with Crippen LogP contribution in [0.5, 0.6) is 0 Å². The van der Waals surface area contributed by atoms with Crippen molar-refractivity contribution in [3.05, 3.63) is 46.5 Å². The molecule has 1 aliphatic heterocycles. The van der Waals surface area contributed by atoms with E-state index in [0.29, 0.717) is 5.71 Å². The summed E-state index contributed by atoms with van der Waals surface area (Å²) in [5, 5.41) is 0. The van der Waals surface area contributed by atoms with E-state index in [2.05, 4.69) is 20.9 Å². The average Bonchev–Trinajstić information content (AvgIpc) is 2.58. The molecule has 0 saturated heterocycles. The number of nitrogens with zero attached hydrogens (tertiary/aromatic N) is 1. The van der Waals surface area contributed by atoms with E-state index < -0.39 is 0 Å². The maximum absolute atomic E-state index is 11.6. The lowest BCUT2D eigenvalue weighted by Gasteiger charge is -2.04. The monoisotopic (exact) mass is 259 g/mol. The summed E-state index contributed by atoms with van der Waals surface area (Å²) in [4.78, 5) is 15.9. The third kappa shape index (κ3) is 1.23. The van der Waals surface area contributed by atoms with Crippen LogP contribution in [-0.4, -0.2) is 11.5 Å². The molecule has 0 saturated carbocycles. The first-order valence-electron chi connectivity index (χ1n) is 4.57. The SMILES string of the molecule is O=C1C=CC=C2C1=Nc1ccc(Br)cc12. The summed E-state index contributed by atoms with van der Waals surface area (Å²) in [6.45, 7) is 0. The summed E-state index contributed by atoms with van der Waals surface area (Å²) >= 11 is 3.42. The van der Waals surface area contributed by atoms with E-state index in [9.17, 15) is 4.79 Å². The van der Waals surface area contributed by atoms with Gasteiger partial charge in [-0.05, 0) is 24.3 Å². The fourth-order valence-corrected chi connectivity index (χ4v) is 2.16. The van der Waals surface area contributed by atoms with Crippen LogP contribution < -0.4 is 0 Å². The molecule has 2 aliphatic rings. The third-order valence-electron chi connectivity index (χ3n) is 2.48. The summed E-state index contributed by atoms with van der Waals surface area (Å²) in [5.74, 6) is -0.0141. The highest BCUT2D eigenvalue weighted by Crippen LogP contribution is 2.37. The molecule has 0 aromatic heterocycles. The molecule has 15 heavy (non-hydrogen) atoms. The molecule has 3 rings (SSSR count). The largest absolute Gasteiger partial charge is 0.288 e. The zero-order valence-corrected chi connectivity index (χ0v) is 9.28. The maximum Gasteiger partial charge on any atom is 0.204 e. The Kier molecular flexibility index (Phi) is 1.76. The highest BCUT2D eigenvalue weighted by molar-refractivity contribution is 9.10. The fraction of sp³-hybridized carbons (Fsp3) is 0. The molecule has 0 bridgehead atoms. The van der Waals surface area contributed by atoms with Gasteiger partial charge in [-0.2, -0.15) is 0 Å². The maximum atomic E-state index is 11.6. The Morgan fingerprint density at radius 1 is 1.27 bits per heavy atom. The summed E-state index contributed by atoms with van der Waals surface area (Å²) in [6, 6.07) is 5.83. The molecule has 0 N–H and O–H groups in total. The van der Waals surface area contributed by atoms with E-state index in [1.165, 1.54) is 0 Å². The molecule has 0 spiro atoms. The Hall–Kier alpha value is -1.48. The predicted molar refractivity (Wildman–Crippen MR) is 63.4 cm³/mol. The van der Waals surface area contributed by atoms with E-state index in [1.807, 2.05) is 24.3 Å². The average molecular weight is 260 g/mol. The Labute approximate surface area is 95.2 Å². The Morgan fingerprint density at radius 2 is 2.13 bits per heavy atom. The van der Waals surface area contributed by atoms with Gasteiger partial charge in [0.05, 0.1) is 5.69 Å². The molecule has 0 fully saturated rings. The van der Waals surface area contributed by atoms with Gasteiger partial charge in [0.15, 0.2) is 0 Å². The number of benzene rings is 1. The van der Waals surface area contributed by atoms with Crippen molar-refractivity contribution >= 4 is 38.7 Å². The van der Waals surface area contributed by atoms with Crippen molar-refractivity contribution in [2.45, 2.75) is 0 Å². The second kappa shape index (κ2) is 3.00. The number of hydrogen-bond donors (Lipinski definition) is 0. The summed E-state index contributed by atoms with van der Waals surface area (Å²) < 4.78 is 1.00. The Balaban J connectivity index is 2.27. The van der Waals surface area contributed by atoms with E-state index in [-0.39, 0.29) is 5.78 Å². The number of carbonyl (C=O) groups excluding carboxylic acids is 1. The van der Waals surface area contributed by atoms with Crippen molar-refractivity contribution in [1.82, 2.24) is 0 Å². The van der Waals surface area contributed by atoms with Gasteiger partial charge in [0, 0.05) is 15.6 Å². The van der Waals surface area contributed by atoms with E-state index >= 15 is 0 Å². The first kappa shape index (κ1) is 8.80. The van der Waals surface area contributed by atoms with Crippen molar-refractivity contribution < 1.29 is 4.79 Å². The molecule has 72 valence electrons. The van der Waals surface area contributed by atoms with Crippen molar-refractivity contribution in [2.24, 2.45) is 4.99 Å². The van der Waals surface area contributed by atoms with E-state index in [1.54, 1.807) is 12.2 Å². The van der Waals surface area contributed by atoms with E-state index in [0.717, 1.165) is 21.3 Å². The third-order valence-corrected chi connectivity index (χ3v) is 2.97. The van der Waals surface area contributed by atoms with Crippen LogP contribution >= 0.6 is 15.9 Å². The van der Waals surface area contributed by atoms with Crippen LogP contribution in [-0.2, 0) is 4.79 Å². The molecule has 1 aromatic carbocycles. The Bertz CT molecular complexity index is 567. The number of aliphatic imine (C=N–C) groups is 1. The van der Waals surface area contributed by atoms with Crippen LogP contribution in [0.3, 0.4) is 0 Å². The number of rotatable bonds is 0. The molecule has 0 atom stereocenters. The van der Waals surface area contributed by atoms with Crippen LogP contribution in [0.25, 0.3) is 5.57 Å². The molecule has 0 radical (unpaired) electrons.